The molecule has 1 atom stereocenters. The fraction of sp³-hybridized carbons (Fsp3) is 0.300. The van der Waals surface area contributed by atoms with Gasteiger partial charge in [0.2, 0.25) is 0 Å². The number of ether oxygens (including phenoxy) is 1. The molecule has 0 saturated heterocycles. The summed E-state index contributed by atoms with van der Waals surface area (Å²) in [5.74, 6) is -0.0951. The number of benzene rings is 2. The summed E-state index contributed by atoms with van der Waals surface area (Å²) in [4.78, 5) is 25.2. The van der Waals surface area contributed by atoms with Crippen molar-refractivity contribution in [1.82, 2.24) is 10.4 Å². The number of hydrogen-bond donors (Lipinski definition) is 2. The van der Waals surface area contributed by atoms with Crippen LogP contribution in [0.5, 0.6) is 5.75 Å². The summed E-state index contributed by atoms with van der Waals surface area (Å²) in [5, 5.41) is 5.07. The number of rotatable bonds is 6. The number of nitrogens with one attached hydrogen (secondary N) is 2. The molecule has 0 radical (unpaired) electrons. The third-order valence-corrected chi connectivity index (χ3v) is 4.47. The van der Waals surface area contributed by atoms with Crippen LogP contribution in [0.4, 0.5) is 5.69 Å². The maximum Gasteiger partial charge on any atom is 0.276 e. The fourth-order valence-electron chi connectivity index (χ4n) is 2.96. The predicted molar refractivity (Wildman–Crippen MR) is 105 cm³/mol. The molecule has 7 heteroatoms. The lowest BCUT2D eigenvalue weighted by molar-refractivity contribution is -0.127. The number of hydrogen-bond acceptors (Lipinski definition) is 4. The molecule has 3 rings (SSSR count). The summed E-state index contributed by atoms with van der Waals surface area (Å²) < 4.78 is 5.52. The van der Waals surface area contributed by atoms with Crippen molar-refractivity contribution in [2.75, 3.05) is 11.9 Å². The first kappa shape index (κ1) is 19.0. The molecule has 0 saturated carbocycles. The summed E-state index contributed by atoms with van der Waals surface area (Å²) in [7, 11) is 0. The Bertz CT molecular complexity index is 856. The Morgan fingerprint density at radius 1 is 1.30 bits per heavy atom. The molecule has 0 aliphatic carbocycles. The number of halogens is 1. The first-order valence-electron chi connectivity index (χ1n) is 8.86. The maximum atomic E-state index is 12.9. The number of amides is 2. The summed E-state index contributed by atoms with van der Waals surface area (Å²) >= 11 is 6.02. The minimum absolute atomic E-state index is 0.186. The van der Waals surface area contributed by atoms with Gasteiger partial charge in [-0.25, -0.2) is 5.01 Å². The summed E-state index contributed by atoms with van der Waals surface area (Å²) in [6, 6.07) is 12.5. The van der Waals surface area contributed by atoms with E-state index in [2.05, 4.69) is 10.7 Å². The number of anilines is 1. The van der Waals surface area contributed by atoms with E-state index in [0.29, 0.717) is 28.4 Å². The molecule has 2 aromatic rings. The van der Waals surface area contributed by atoms with Crippen molar-refractivity contribution in [3.63, 3.8) is 0 Å². The topological polar surface area (TPSA) is 70.7 Å². The Balaban J connectivity index is 1.71. The SMILES string of the molecule is CCCC1Nc2ccc(Cl)cc2C(=O)N1NC(=O)COc1cccc(C)c1. The summed E-state index contributed by atoms with van der Waals surface area (Å²) in [5.41, 5.74) is 4.84. The van der Waals surface area contributed by atoms with E-state index >= 15 is 0 Å². The van der Waals surface area contributed by atoms with Gasteiger partial charge in [-0.3, -0.25) is 15.0 Å². The van der Waals surface area contributed by atoms with Crippen LogP contribution in [0.15, 0.2) is 42.5 Å². The molecule has 6 nitrogen and oxygen atoms in total. The van der Waals surface area contributed by atoms with Gasteiger partial charge in [0, 0.05) is 10.7 Å². The minimum Gasteiger partial charge on any atom is -0.484 e. The number of nitrogens with zero attached hydrogens (tertiary/aromatic N) is 1. The first-order chi connectivity index (χ1) is 13.0. The molecular formula is C20H22ClN3O3. The van der Waals surface area contributed by atoms with Gasteiger partial charge in [0.25, 0.3) is 11.8 Å². The van der Waals surface area contributed by atoms with Crippen LogP contribution in [0.1, 0.15) is 35.7 Å². The second-order valence-electron chi connectivity index (χ2n) is 6.45. The quantitative estimate of drug-likeness (QED) is 0.791. The zero-order valence-corrected chi connectivity index (χ0v) is 16.0. The smallest absolute Gasteiger partial charge is 0.276 e. The molecule has 1 aliphatic heterocycles. The lowest BCUT2D eigenvalue weighted by atomic mass is 10.1. The van der Waals surface area contributed by atoms with Crippen LogP contribution in [0.2, 0.25) is 5.02 Å². The van der Waals surface area contributed by atoms with E-state index in [1.54, 1.807) is 24.3 Å². The van der Waals surface area contributed by atoms with Crippen LogP contribution >= 0.6 is 11.6 Å². The van der Waals surface area contributed by atoms with Gasteiger partial charge in [-0.1, -0.05) is 37.1 Å². The number of carbonyl (C=O) groups excluding carboxylic acids is 2. The van der Waals surface area contributed by atoms with Gasteiger partial charge in [0.05, 0.1) is 5.56 Å². The van der Waals surface area contributed by atoms with E-state index in [4.69, 9.17) is 16.3 Å². The largest absolute Gasteiger partial charge is 0.484 e. The molecule has 2 N–H and O–H groups in total. The first-order valence-corrected chi connectivity index (χ1v) is 9.24. The van der Waals surface area contributed by atoms with Gasteiger partial charge in [-0.15, -0.1) is 0 Å². The van der Waals surface area contributed by atoms with E-state index in [9.17, 15) is 9.59 Å². The van der Waals surface area contributed by atoms with Crippen LogP contribution in [-0.2, 0) is 4.79 Å². The number of carbonyl (C=O) groups is 2. The highest BCUT2D eigenvalue weighted by Gasteiger charge is 2.33. The molecule has 2 amide bonds. The van der Waals surface area contributed by atoms with Gasteiger partial charge in [-0.2, -0.15) is 0 Å². The highest BCUT2D eigenvalue weighted by Crippen LogP contribution is 2.28. The van der Waals surface area contributed by atoms with E-state index in [1.165, 1.54) is 5.01 Å². The van der Waals surface area contributed by atoms with E-state index in [0.717, 1.165) is 12.0 Å². The maximum absolute atomic E-state index is 12.9. The van der Waals surface area contributed by atoms with Gasteiger partial charge in [-0.05, 0) is 49.2 Å². The second kappa shape index (κ2) is 8.31. The number of aryl methyl sites for hydroxylation is 1. The monoisotopic (exact) mass is 387 g/mol. The minimum atomic E-state index is -0.404. The highest BCUT2D eigenvalue weighted by molar-refractivity contribution is 6.31. The predicted octanol–water partition coefficient (Wildman–Crippen LogP) is 3.75. The number of fused-ring (bicyclic) bond motifs is 1. The summed E-state index contributed by atoms with van der Waals surface area (Å²) in [6.07, 6.45) is 1.20. The van der Waals surface area contributed by atoms with Crippen LogP contribution in [0.25, 0.3) is 0 Å². The lowest BCUT2D eigenvalue weighted by Gasteiger charge is -2.37. The van der Waals surface area contributed by atoms with Crippen molar-refractivity contribution in [2.24, 2.45) is 0 Å². The molecule has 1 unspecified atom stereocenters. The third-order valence-electron chi connectivity index (χ3n) is 4.23. The van der Waals surface area contributed by atoms with Crippen molar-refractivity contribution < 1.29 is 14.3 Å². The molecular weight excluding hydrogens is 366 g/mol. The molecule has 0 aromatic heterocycles. The Hall–Kier alpha value is -2.73. The highest BCUT2D eigenvalue weighted by atomic mass is 35.5. The van der Waals surface area contributed by atoms with Crippen molar-refractivity contribution in [3.8, 4) is 5.75 Å². The van der Waals surface area contributed by atoms with Crippen molar-refractivity contribution >= 4 is 29.1 Å². The van der Waals surface area contributed by atoms with Crippen LogP contribution in [0, 0.1) is 6.92 Å². The lowest BCUT2D eigenvalue weighted by Crippen LogP contribution is -2.58. The van der Waals surface area contributed by atoms with Crippen molar-refractivity contribution in [1.29, 1.82) is 0 Å². The van der Waals surface area contributed by atoms with Crippen molar-refractivity contribution in [2.45, 2.75) is 32.9 Å². The molecule has 0 spiro atoms. The van der Waals surface area contributed by atoms with E-state index in [1.807, 2.05) is 32.0 Å². The van der Waals surface area contributed by atoms with Gasteiger partial charge in [0.1, 0.15) is 11.9 Å². The molecule has 1 heterocycles. The zero-order chi connectivity index (χ0) is 19.4. The van der Waals surface area contributed by atoms with Gasteiger partial charge < -0.3 is 10.1 Å². The Morgan fingerprint density at radius 3 is 2.85 bits per heavy atom. The normalized spacial score (nSPS) is 15.7. The third kappa shape index (κ3) is 4.52. The molecule has 142 valence electrons. The Morgan fingerprint density at radius 2 is 2.11 bits per heavy atom. The standard InChI is InChI=1S/C20H22ClN3O3/c1-3-5-18-22-17-9-8-14(21)11-16(17)20(26)24(18)23-19(25)12-27-15-7-4-6-13(2)10-15/h4,6-11,18,22H,3,5,12H2,1-2H3,(H,23,25). The van der Waals surface area contributed by atoms with E-state index < -0.39 is 5.91 Å². The summed E-state index contributed by atoms with van der Waals surface area (Å²) in [6.45, 7) is 3.78. The zero-order valence-electron chi connectivity index (χ0n) is 15.3. The van der Waals surface area contributed by atoms with Crippen molar-refractivity contribution in [3.05, 3.63) is 58.6 Å². The second-order valence-corrected chi connectivity index (χ2v) is 6.89. The van der Waals surface area contributed by atoms with Crippen LogP contribution < -0.4 is 15.5 Å². The Labute approximate surface area is 163 Å². The van der Waals surface area contributed by atoms with Gasteiger partial charge >= 0.3 is 0 Å². The molecule has 0 fully saturated rings. The average molecular weight is 388 g/mol. The molecule has 27 heavy (non-hydrogen) atoms. The van der Waals surface area contributed by atoms with Crippen LogP contribution in [0.3, 0.4) is 0 Å². The Kier molecular flexibility index (Phi) is 5.86. The molecule has 0 bridgehead atoms. The molecule has 2 aromatic carbocycles. The fourth-order valence-corrected chi connectivity index (χ4v) is 3.13. The number of hydrazine groups is 1. The van der Waals surface area contributed by atoms with Gasteiger partial charge in [0.15, 0.2) is 6.61 Å². The van der Waals surface area contributed by atoms with Crippen LogP contribution in [-0.4, -0.2) is 29.6 Å². The van der Waals surface area contributed by atoms with E-state index in [-0.39, 0.29) is 18.7 Å². The molecule has 1 aliphatic rings. The average Bonchev–Trinajstić information content (AvgIpc) is 2.64.